The molecule has 0 radical (unpaired) electrons. The third kappa shape index (κ3) is 5.87. The van der Waals surface area contributed by atoms with Crippen LogP contribution in [0.1, 0.15) is 5.56 Å². The number of sulfonamides is 1. The fourth-order valence-corrected chi connectivity index (χ4v) is 3.69. The summed E-state index contributed by atoms with van der Waals surface area (Å²) in [5.74, 6) is -0.794. The second-order valence-electron chi connectivity index (χ2n) is 6.26. The molecule has 0 aromatic heterocycles. The van der Waals surface area contributed by atoms with Crippen molar-refractivity contribution < 1.29 is 17.6 Å². The number of hydrogen-bond acceptors (Lipinski definition) is 3. The summed E-state index contributed by atoms with van der Waals surface area (Å²) in [6.07, 6.45) is 0. The third-order valence-electron chi connectivity index (χ3n) is 4.17. The smallest absolute Gasteiger partial charge is 0.241 e. The number of benzene rings is 3. The van der Waals surface area contributed by atoms with E-state index in [0.717, 1.165) is 16.7 Å². The lowest BCUT2D eigenvalue weighted by molar-refractivity contribution is -0.120. The molecule has 29 heavy (non-hydrogen) atoms. The molecule has 3 aromatic rings. The highest BCUT2D eigenvalue weighted by atomic mass is 35.5. The predicted molar refractivity (Wildman–Crippen MR) is 110 cm³/mol. The van der Waals surface area contributed by atoms with Gasteiger partial charge in [-0.15, -0.1) is 0 Å². The number of halogens is 2. The van der Waals surface area contributed by atoms with Gasteiger partial charge in [-0.2, -0.15) is 0 Å². The van der Waals surface area contributed by atoms with E-state index in [1.165, 1.54) is 24.3 Å². The molecule has 0 saturated heterocycles. The molecule has 0 heterocycles. The molecule has 0 fully saturated rings. The number of carbonyl (C=O) groups excluding carboxylic acids is 1. The summed E-state index contributed by atoms with van der Waals surface area (Å²) < 4.78 is 40.1. The molecule has 0 bridgehead atoms. The van der Waals surface area contributed by atoms with Crippen LogP contribution in [0.2, 0.25) is 5.02 Å². The molecular formula is C21H18ClFN2O3S. The molecule has 0 atom stereocenters. The minimum atomic E-state index is -3.84. The van der Waals surface area contributed by atoms with E-state index in [-0.39, 0.29) is 23.8 Å². The molecule has 0 spiro atoms. The van der Waals surface area contributed by atoms with E-state index in [1.807, 2.05) is 0 Å². The SMILES string of the molecule is O=C(CNS(=O)(=O)c1ccc(-c2ccc(F)cc2)cc1)NCc1ccc(Cl)cc1. The first kappa shape index (κ1) is 21.0. The normalized spacial score (nSPS) is 11.2. The second kappa shape index (κ2) is 9.17. The van der Waals surface area contributed by atoms with Crippen LogP contribution in [-0.2, 0) is 21.4 Å². The molecular weight excluding hydrogens is 415 g/mol. The molecule has 0 saturated carbocycles. The fraction of sp³-hybridized carbons (Fsp3) is 0.0952. The molecule has 150 valence electrons. The molecule has 1 amide bonds. The van der Waals surface area contributed by atoms with Gasteiger partial charge >= 0.3 is 0 Å². The monoisotopic (exact) mass is 432 g/mol. The molecule has 3 rings (SSSR count). The molecule has 0 aliphatic rings. The number of rotatable bonds is 7. The summed E-state index contributed by atoms with van der Waals surface area (Å²) in [5.41, 5.74) is 2.37. The van der Waals surface area contributed by atoms with Crippen LogP contribution >= 0.6 is 11.6 Å². The van der Waals surface area contributed by atoms with Crippen molar-refractivity contribution in [1.29, 1.82) is 0 Å². The molecule has 0 unspecified atom stereocenters. The topological polar surface area (TPSA) is 75.3 Å². The first-order valence-electron chi connectivity index (χ1n) is 8.70. The van der Waals surface area contributed by atoms with Crippen LogP contribution in [0.4, 0.5) is 4.39 Å². The van der Waals surface area contributed by atoms with Crippen LogP contribution in [0.3, 0.4) is 0 Å². The van der Waals surface area contributed by atoms with Crippen LogP contribution in [0.15, 0.2) is 77.7 Å². The highest BCUT2D eigenvalue weighted by Crippen LogP contribution is 2.21. The van der Waals surface area contributed by atoms with E-state index in [2.05, 4.69) is 10.0 Å². The maximum absolute atomic E-state index is 13.0. The molecule has 3 aromatic carbocycles. The molecule has 2 N–H and O–H groups in total. The lowest BCUT2D eigenvalue weighted by Crippen LogP contribution is -2.36. The number of nitrogens with one attached hydrogen (secondary N) is 2. The highest BCUT2D eigenvalue weighted by molar-refractivity contribution is 7.89. The van der Waals surface area contributed by atoms with E-state index in [9.17, 15) is 17.6 Å². The standard InChI is InChI=1S/C21H18ClFN2O3S/c22-18-7-1-15(2-8-18)13-24-21(26)14-25-29(27,28)20-11-5-17(6-12-20)16-3-9-19(23)10-4-16/h1-12,25H,13-14H2,(H,24,26). The maximum Gasteiger partial charge on any atom is 0.241 e. The van der Waals surface area contributed by atoms with Gasteiger partial charge in [0.1, 0.15) is 5.82 Å². The zero-order chi connectivity index (χ0) is 20.9. The van der Waals surface area contributed by atoms with Crippen molar-refractivity contribution in [3.05, 3.63) is 89.2 Å². The summed E-state index contributed by atoms with van der Waals surface area (Å²) in [5, 5.41) is 3.23. The Labute approximate surface area is 173 Å². The molecule has 5 nitrogen and oxygen atoms in total. The van der Waals surface area contributed by atoms with Crippen molar-refractivity contribution in [3.63, 3.8) is 0 Å². The summed E-state index contributed by atoms with van der Waals surface area (Å²) in [6, 6.07) is 19.0. The lowest BCUT2D eigenvalue weighted by Gasteiger charge is -2.09. The van der Waals surface area contributed by atoms with Crippen LogP contribution in [-0.4, -0.2) is 20.9 Å². The van der Waals surface area contributed by atoms with E-state index in [1.54, 1.807) is 48.5 Å². The second-order valence-corrected chi connectivity index (χ2v) is 8.46. The van der Waals surface area contributed by atoms with Gasteiger partial charge in [-0.1, -0.05) is 48.0 Å². The van der Waals surface area contributed by atoms with Gasteiger partial charge in [0.05, 0.1) is 11.4 Å². The van der Waals surface area contributed by atoms with Crippen molar-refractivity contribution in [2.24, 2.45) is 0 Å². The lowest BCUT2D eigenvalue weighted by atomic mass is 10.1. The van der Waals surface area contributed by atoms with E-state index < -0.39 is 15.9 Å². The minimum absolute atomic E-state index is 0.0360. The third-order valence-corrected chi connectivity index (χ3v) is 5.84. The van der Waals surface area contributed by atoms with E-state index in [0.29, 0.717) is 5.02 Å². The minimum Gasteiger partial charge on any atom is -0.351 e. The molecule has 0 aliphatic carbocycles. The number of carbonyl (C=O) groups is 1. The van der Waals surface area contributed by atoms with Gasteiger partial charge in [0.15, 0.2) is 0 Å². The van der Waals surface area contributed by atoms with Crippen LogP contribution in [0, 0.1) is 5.82 Å². The highest BCUT2D eigenvalue weighted by Gasteiger charge is 2.15. The average molecular weight is 433 g/mol. The van der Waals surface area contributed by atoms with Crippen molar-refractivity contribution in [2.45, 2.75) is 11.4 Å². The fourth-order valence-electron chi connectivity index (χ4n) is 2.58. The van der Waals surface area contributed by atoms with Gasteiger partial charge in [-0.3, -0.25) is 4.79 Å². The Morgan fingerprint density at radius 2 is 1.41 bits per heavy atom. The Bertz CT molecular complexity index is 1080. The van der Waals surface area contributed by atoms with E-state index in [4.69, 9.17) is 11.6 Å². The van der Waals surface area contributed by atoms with Gasteiger partial charge in [-0.05, 0) is 53.1 Å². The number of amides is 1. The van der Waals surface area contributed by atoms with Crippen LogP contribution in [0.25, 0.3) is 11.1 Å². The Balaban J connectivity index is 1.56. The summed E-state index contributed by atoms with van der Waals surface area (Å²) in [4.78, 5) is 12.0. The zero-order valence-corrected chi connectivity index (χ0v) is 16.8. The van der Waals surface area contributed by atoms with Gasteiger partial charge in [0.25, 0.3) is 0 Å². The molecule has 0 aliphatic heterocycles. The summed E-state index contributed by atoms with van der Waals surface area (Å²) in [7, 11) is -3.84. The van der Waals surface area contributed by atoms with Crippen LogP contribution < -0.4 is 10.0 Å². The first-order chi connectivity index (χ1) is 13.8. The van der Waals surface area contributed by atoms with Gasteiger partial charge in [0, 0.05) is 11.6 Å². The Morgan fingerprint density at radius 3 is 2.00 bits per heavy atom. The molecule has 8 heteroatoms. The van der Waals surface area contributed by atoms with Crippen molar-refractivity contribution in [1.82, 2.24) is 10.0 Å². The number of hydrogen-bond donors (Lipinski definition) is 2. The maximum atomic E-state index is 13.0. The predicted octanol–water partition coefficient (Wildman–Crippen LogP) is 3.74. The van der Waals surface area contributed by atoms with Gasteiger partial charge in [-0.25, -0.2) is 17.5 Å². The van der Waals surface area contributed by atoms with Gasteiger partial charge in [0.2, 0.25) is 15.9 Å². The Kier molecular flexibility index (Phi) is 6.64. The van der Waals surface area contributed by atoms with E-state index >= 15 is 0 Å². The Hall–Kier alpha value is -2.74. The van der Waals surface area contributed by atoms with Crippen molar-refractivity contribution in [3.8, 4) is 11.1 Å². The Morgan fingerprint density at radius 1 is 0.862 bits per heavy atom. The van der Waals surface area contributed by atoms with Crippen LogP contribution in [0.5, 0.6) is 0 Å². The first-order valence-corrected chi connectivity index (χ1v) is 10.6. The summed E-state index contributed by atoms with van der Waals surface area (Å²) >= 11 is 5.80. The zero-order valence-electron chi connectivity index (χ0n) is 15.2. The quantitative estimate of drug-likeness (QED) is 0.597. The average Bonchev–Trinajstić information content (AvgIpc) is 2.72. The largest absolute Gasteiger partial charge is 0.351 e. The summed E-state index contributed by atoms with van der Waals surface area (Å²) in [6.45, 7) is -0.111. The van der Waals surface area contributed by atoms with Gasteiger partial charge < -0.3 is 5.32 Å². The van der Waals surface area contributed by atoms with Crippen molar-refractivity contribution >= 4 is 27.5 Å². The van der Waals surface area contributed by atoms with Crippen molar-refractivity contribution in [2.75, 3.05) is 6.54 Å².